The van der Waals surface area contributed by atoms with Crippen LogP contribution in [0.25, 0.3) is 17.2 Å². The van der Waals surface area contributed by atoms with E-state index in [-0.39, 0.29) is 22.2 Å². The minimum absolute atomic E-state index is 0.0678. The number of alkyl halides is 9. The predicted octanol–water partition coefficient (Wildman–Crippen LogP) is 4.80. The Bertz CT molecular complexity index is 1770. The highest BCUT2D eigenvalue weighted by Gasteiger charge is 2.69. The molecule has 1 N–H and O–H groups in total. The Kier molecular flexibility index (Phi) is 7.95. The van der Waals surface area contributed by atoms with E-state index in [1.165, 1.54) is 29.6 Å². The van der Waals surface area contributed by atoms with Gasteiger partial charge in [-0.05, 0) is 49.2 Å². The van der Waals surface area contributed by atoms with Gasteiger partial charge in [-0.15, -0.1) is 10.2 Å². The molecule has 1 fully saturated rings. The van der Waals surface area contributed by atoms with Crippen LogP contribution in [-0.2, 0) is 24.1 Å². The number of halogens is 10. The third-order valence-electron chi connectivity index (χ3n) is 6.96. The minimum atomic E-state index is -5.30. The molecule has 10 nitrogen and oxygen atoms in total. The molecular weight excluding hydrogens is 651 g/mol. The van der Waals surface area contributed by atoms with E-state index in [1.807, 2.05) is 0 Å². The van der Waals surface area contributed by atoms with Crippen molar-refractivity contribution >= 4 is 17.5 Å². The number of rotatable bonds is 8. The van der Waals surface area contributed by atoms with Crippen molar-refractivity contribution in [3.63, 3.8) is 0 Å². The minimum Gasteiger partial charge on any atom is -0.342 e. The average molecular weight is 669 g/mol. The van der Waals surface area contributed by atoms with E-state index in [1.54, 1.807) is 0 Å². The number of aromatic nitrogens is 7. The summed E-state index contributed by atoms with van der Waals surface area (Å²) >= 11 is 5.89. The van der Waals surface area contributed by atoms with Crippen molar-refractivity contribution in [2.24, 2.45) is 5.41 Å². The number of nitrogens with zero attached hydrogens (tertiary/aromatic N) is 7. The molecule has 1 unspecified atom stereocenters. The number of carbonyl (C=O) groups is 1. The number of hydrogen-bond acceptors (Lipinski definition) is 6. The van der Waals surface area contributed by atoms with Gasteiger partial charge in [0.25, 0.3) is 0 Å². The van der Waals surface area contributed by atoms with Gasteiger partial charge in [0, 0.05) is 16.8 Å². The lowest BCUT2D eigenvalue weighted by Crippen LogP contribution is -2.53. The third kappa shape index (κ3) is 6.38. The van der Waals surface area contributed by atoms with Crippen LogP contribution in [-0.4, -0.2) is 58.4 Å². The van der Waals surface area contributed by atoms with Gasteiger partial charge < -0.3 is 5.32 Å². The molecule has 240 valence electrons. The molecule has 4 aromatic rings. The summed E-state index contributed by atoms with van der Waals surface area (Å²) in [6.07, 6.45) is -14.6. The van der Waals surface area contributed by atoms with Crippen molar-refractivity contribution in [2.75, 3.05) is 0 Å². The molecule has 0 bridgehead atoms. The Balaban J connectivity index is 1.50. The first kappa shape index (κ1) is 32.0. The topological polar surface area (TPSA) is 113 Å². The maximum absolute atomic E-state index is 14.1. The van der Waals surface area contributed by atoms with E-state index in [2.05, 4.69) is 20.2 Å². The molecule has 0 aliphatic heterocycles. The van der Waals surface area contributed by atoms with Crippen LogP contribution in [0.4, 0.5) is 39.5 Å². The van der Waals surface area contributed by atoms with Gasteiger partial charge in [-0.25, -0.2) is 24.1 Å². The highest BCUT2D eigenvalue weighted by atomic mass is 35.5. The van der Waals surface area contributed by atoms with Crippen molar-refractivity contribution in [1.82, 2.24) is 39.4 Å². The third-order valence-corrected chi connectivity index (χ3v) is 7.21. The van der Waals surface area contributed by atoms with E-state index in [0.717, 1.165) is 24.7 Å². The second-order valence-corrected chi connectivity index (χ2v) is 10.4. The zero-order chi connectivity index (χ0) is 32.9. The van der Waals surface area contributed by atoms with Gasteiger partial charge in [0.1, 0.15) is 29.9 Å². The van der Waals surface area contributed by atoms with Crippen molar-refractivity contribution in [3.8, 4) is 17.2 Å². The monoisotopic (exact) mass is 668 g/mol. The average Bonchev–Trinajstić information content (AvgIpc) is 3.58. The standard InChI is InChI=1S/C25H18ClF9N8O2/c26-14-5-3-13(4-6-14)18-40-42(11-17-37-12-43(39-17)19-15(23(27,28)29)2-1-9-36-19)21(45)41(18)10-16(24(30,31)32)38-20(44)22(7-8-22)25(33,34)35/h1-6,9,12,16H,7-8,10-11H2,(H,38,44). The number of nitrogens with one attached hydrogen (secondary N) is 1. The van der Waals surface area contributed by atoms with Crippen LogP contribution in [0.3, 0.4) is 0 Å². The number of pyridine rings is 1. The lowest BCUT2D eigenvalue weighted by molar-refractivity contribution is -0.199. The van der Waals surface area contributed by atoms with E-state index < -0.39 is 78.9 Å². The Morgan fingerprint density at radius 2 is 1.64 bits per heavy atom. The van der Waals surface area contributed by atoms with Crippen LogP contribution < -0.4 is 11.0 Å². The molecule has 45 heavy (non-hydrogen) atoms. The van der Waals surface area contributed by atoms with Crippen LogP contribution in [0, 0.1) is 5.41 Å². The zero-order valence-corrected chi connectivity index (χ0v) is 23.0. The molecule has 1 atom stereocenters. The Hall–Kier alpha value is -4.42. The van der Waals surface area contributed by atoms with Crippen LogP contribution in [0.2, 0.25) is 5.02 Å². The van der Waals surface area contributed by atoms with E-state index in [9.17, 15) is 49.1 Å². The normalized spacial score (nSPS) is 15.6. The van der Waals surface area contributed by atoms with Crippen molar-refractivity contribution in [3.05, 3.63) is 75.8 Å². The van der Waals surface area contributed by atoms with Gasteiger partial charge in [0.15, 0.2) is 17.5 Å². The van der Waals surface area contributed by atoms with Crippen LogP contribution in [0.15, 0.2) is 53.7 Å². The molecule has 3 aromatic heterocycles. The first-order valence-corrected chi connectivity index (χ1v) is 13.1. The van der Waals surface area contributed by atoms with E-state index >= 15 is 0 Å². The fraction of sp³-hybridized carbons (Fsp3) is 0.360. The second kappa shape index (κ2) is 11.2. The number of amides is 1. The Morgan fingerprint density at radius 3 is 2.22 bits per heavy atom. The van der Waals surface area contributed by atoms with Gasteiger partial charge in [-0.3, -0.25) is 9.36 Å². The molecule has 20 heteroatoms. The molecule has 0 saturated heterocycles. The fourth-order valence-electron chi connectivity index (χ4n) is 4.40. The SMILES string of the molecule is O=C(NC(Cn1c(-c2ccc(Cl)cc2)nn(Cc2ncn(-c3ncccc3C(F)(F)F)n2)c1=O)C(F)(F)F)C1(C(F)(F)F)CC1. The molecule has 5 rings (SSSR count). The summed E-state index contributed by atoms with van der Waals surface area (Å²) < 4.78 is 125. The zero-order valence-electron chi connectivity index (χ0n) is 22.3. The van der Waals surface area contributed by atoms with Gasteiger partial charge >= 0.3 is 24.2 Å². The molecule has 1 saturated carbocycles. The Morgan fingerprint density at radius 1 is 0.978 bits per heavy atom. The lowest BCUT2D eigenvalue weighted by atomic mass is 10.1. The van der Waals surface area contributed by atoms with Gasteiger partial charge in [-0.1, -0.05) is 11.6 Å². The van der Waals surface area contributed by atoms with Crippen molar-refractivity contribution < 1.29 is 44.3 Å². The van der Waals surface area contributed by atoms with Gasteiger partial charge in [-0.2, -0.15) is 39.5 Å². The summed E-state index contributed by atoms with van der Waals surface area (Å²) in [6.45, 7) is -2.02. The fourth-order valence-corrected chi connectivity index (χ4v) is 4.53. The summed E-state index contributed by atoms with van der Waals surface area (Å²) in [5.41, 5.74) is -5.26. The predicted molar refractivity (Wildman–Crippen MR) is 136 cm³/mol. The van der Waals surface area contributed by atoms with Crippen LogP contribution >= 0.6 is 11.6 Å². The molecule has 0 radical (unpaired) electrons. The summed E-state index contributed by atoms with van der Waals surface area (Å²) in [5, 5.41) is 9.54. The number of carbonyl (C=O) groups excluding carboxylic acids is 1. The van der Waals surface area contributed by atoms with Crippen molar-refractivity contribution in [2.45, 2.75) is 50.5 Å². The summed E-state index contributed by atoms with van der Waals surface area (Å²) in [7, 11) is 0. The maximum Gasteiger partial charge on any atom is 0.420 e. The molecule has 0 spiro atoms. The maximum atomic E-state index is 14.1. The van der Waals surface area contributed by atoms with E-state index in [4.69, 9.17) is 11.6 Å². The highest BCUT2D eigenvalue weighted by Crippen LogP contribution is 2.57. The van der Waals surface area contributed by atoms with Crippen LogP contribution in [0.1, 0.15) is 24.2 Å². The lowest BCUT2D eigenvalue weighted by Gasteiger charge is -2.26. The quantitative estimate of drug-likeness (QED) is 0.270. The number of hydrogen-bond donors (Lipinski definition) is 1. The molecule has 1 aliphatic rings. The summed E-state index contributed by atoms with van der Waals surface area (Å²) in [6, 6.07) is 4.16. The first-order chi connectivity index (χ1) is 20.9. The highest BCUT2D eigenvalue weighted by molar-refractivity contribution is 6.30. The van der Waals surface area contributed by atoms with Crippen LogP contribution in [0.5, 0.6) is 0 Å². The molecular formula is C25H18ClF9N8O2. The largest absolute Gasteiger partial charge is 0.420 e. The summed E-state index contributed by atoms with van der Waals surface area (Å²) in [5.74, 6) is -3.20. The molecule has 3 heterocycles. The van der Waals surface area contributed by atoms with Gasteiger partial charge in [0.2, 0.25) is 5.91 Å². The molecule has 1 aromatic carbocycles. The van der Waals surface area contributed by atoms with Crippen molar-refractivity contribution in [1.29, 1.82) is 0 Å². The number of benzene rings is 1. The summed E-state index contributed by atoms with van der Waals surface area (Å²) in [4.78, 5) is 33.3. The van der Waals surface area contributed by atoms with Gasteiger partial charge in [0.05, 0.1) is 6.54 Å². The smallest absolute Gasteiger partial charge is 0.342 e. The Labute approximate surface area is 250 Å². The molecule has 1 amide bonds. The molecule has 1 aliphatic carbocycles. The first-order valence-electron chi connectivity index (χ1n) is 12.7. The van der Waals surface area contributed by atoms with E-state index in [0.29, 0.717) is 13.9 Å². The second-order valence-electron chi connectivity index (χ2n) is 10.0.